The summed E-state index contributed by atoms with van der Waals surface area (Å²) in [5, 5.41) is 1.14. The molecule has 0 spiro atoms. The summed E-state index contributed by atoms with van der Waals surface area (Å²) < 4.78 is 22.4. The number of aromatic nitrogens is 2. The van der Waals surface area contributed by atoms with E-state index in [1.807, 2.05) is 55.7 Å². The lowest BCUT2D eigenvalue weighted by Crippen LogP contribution is -1.94. The number of hydrogen-bond acceptors (Lipinski definition) is 4. The SMILES string of the molecule is Cc1ccc(/C(=C\c2cccc(-c3cc(C(C)C)cc4cccnc34)c2)c2ccc(C[SH](=O)=O)cc2)cn1. The van der Waals surface area contributed by atoms with Gasteiger partial charge in [-0.15, -0.1) is 0 Å². The van der Waals surface area contributed by atoms with Crippen molar-refractivity contribution >= 4 is 33.3 Å². The van der Waals surface area contributed by atoms with Crippen LogP contribution in [0.15, 0.2) is 97.3 Å². The third-order valence-corrected chi connectivity index (χ3v) is 7.32. The van der Waals surface area contributed by atoms with E-state index in [1.54, 1.807) is 0 Å². The number of nitrogens with zero attached hydrogens (tertiary/aromatic N) is 2. The molecule has 3 aromatic carbocycles. The highest BCUT2D eigenvalue weighted by atomic mass is 32.2. The van der Waals surface area contributed by atoms with E-state index in [2.05, 4.69) is 73.4 Å². The van der Waals surface area contributed by atoms with Gasteiger partial charge in [0.2, 0.25) is 0 Å². The van der Waals surface area contributed by atoms with Crippen LogP contribution in [-0.2, 0) is 16.5 Å². The molecule has 190 valence electrons. The molecule has 0 aliphatic heterocycles. The Morgan fingerprint density at radius 1 is 0.868 bits per heavy atom. The Hall–Kier alpha value is -4.09. The van der Waals surface area contributed by atoms with Gasteiger partial charge in [0, 0.05) is 34.6 Å². The summed E-state index contributed by atoms with van der Waals surface area (Å²) in [7, 11) is -2.46. The van der Waals surface area contributed by atoms with Crippen LogP contribution in [0, 0.1) is 6.92 Å². The second kappa shape index (κ2) is 11.1. The van der Waals surface area contributed by atoms with Crippen LogP contribution in [0.4, 0.5) is 0 Å². The molecule has 0 fully saturated rings. The quantitative estimate of drug-likeness (QED) is 0.180. The first-order chi connectivity index (χ1) is 18.4. The van der Waals surface area contributed by atoms with E-state index in [0.717, 1.165) is 55.6 Å². The molecule has 0 atom stereocenters. The van der Waals surface area contributed by atoms with Gasteiger partial charge in [-0.1, -0.05) is 68.4 Å². The van der Waals surface area contributed by atoms with Gasteiger partial charge in [-0.3, -0.25) is 9.97 Å². The van der Waals surface area contributed by atoms with Gasteiger partial charge in [0.15, 0.2) is 0 Å². The van der Waals surface area contributed by atoms with Gasteiger partial charge in [-0.2, -0.15) is 0 Å². The monoisotopic (exact) mass is 518 g/mol. The molecule has 0 saturated carbocycles. The lowest BCUT2D eigenvalue weighted by atomic mass is 9.92. The summed E-state index contributed by atoms with van der Waals surface area (Å²) in [6, 6.07) is 28.9. The summed E-state index contributed by atoms with van der Waals surface area (Å²) in [6.07, 6.45) is 5.90. The number of hydrogen-bond donors (Lipinski definition) is 1. The number of pyridine rings is 2. The zero-order valence-electron chi connectivity index (χ0n) is 21.8. The van der Waals surface area contributed by atoms with E-state index in [0.29, 0.717) is 5.92 Å². The Morgan fingerprint density at radius 2 is 1.66 bits per heavy atom. The first-order valence-corrected chi connectivity index (χ1v) is 14.1. The Balaban J connectivity index is 1.63. The zero-order valence-corrected chi connectivity index (χ0v) is 22.7. The third-order valence-electron chi connectivity index (χ3n) is 6.70. The molecule has 0 saturated heterocycles. The molecular weight excluding hydrogens is 488 g/mol. The lowest BCUT2D eigenvalue weighted by molar-refractivity contribution is 0.614. The van der Waals surface area contributed by atoms with Gasteiger partial charge < -0.3 is 0 Å². The standard InChI is InChI=1S/C33H30N2O2S/c1-22(2)30-18-28-8-5-15-34-33(28)32(19-30)27-7-4-6-25(16-27)17-31(29-12-9-23(3)35-20-29)26-13-10-24(11-14-26)21-38(36)37/h4-20,22,38H,21H2,1-3H3/b31-17-. The van der Waals surface area contributed by atoms with Gasteiger partial charge in [0.05, 0.1) is 11.3 Å². The number of benzene rings is 3. The van der Waals surface area contributed by atoms with E-state index >= 15 is 0 Å². The first kappa shape index (κ1) is 25.6. The summed E-state index contributed by atoms with van der Waals surface area (Å²) in [6.45, 7) is 6.39. The van der Waals surface area contributed by atoms with Crippen LogP contribution in [0.5, 0.6) is 0 Å². The average Bonchev–Trinajstić information content (AvgIpc) is 2.92. The number of thiol groups is 1. The Labute approximate surface area is 225 Å². The number of fused-ring (bicyclic) bond motifs is 1. The molecule has 4 nitrogen and oxygen atoms in total. The molecule has 38 heavy (non-hydrogen) atoms. The minimum Gasteiger partial charge on any atom is -0.261 e. The highest BCUT2D eigenvalue weighted by molar-refractivity contribution is 7.71. The number of aryl methyl sites for hydroxylation is 1. The molecule has 0 bridgehead atoms. The summed E-state index contributed by atoms with van der Waals surface area (Å²) in [5.41, 5.74) is 10.3. The van der Waals surface area contributed by atoms with Crippen LogP contribution >= 0.6 is 0 Å². The molecular formula is C33H30N2O2S. The van der Waals surface area contributed by atoms with Gasteiger partial charge in [0.1, 0.15) is 10.7 Å². The van der Waals surface area contributed by atoms with Crippen LogP contribution in [0.3, 0.4) is 0 Å². The summed E-state index contributed by atoms with van der Waals surface area (Å²) in [5.74, 6) is 0.449. The molecule has 0 unspecified atom stereocenters. The molecule has 5 rings (SSSR count). The van der Waals surface area contributed by atoms with Crippen molar-refractivity contribution in [3.8, 4) is 11.1 Å². The smallest absolute Gasteiger partial charge is 0.144 e. The highest BCUT2D eigenvalue weighted by Gasteiger charge is 2.12. The fourth-order valence-corrected chi connectivity index (χ4v) is 5.14. The van der Waals surface area contributed by atoms with Gasteiger partial charge in [0.25, 0.3) is 0 Å². The number of rotatable bonds is 7. The van der Waals surface area contributed by atoms with E-state index in [1.165, 1.54) is 5.56 Å². The Kier molecular flexibility index (Phi) is 7.47. The molecule has 0 aliphatic carbocycles. The van der Waals surface area contributed by atoms with Crippen LogP contribution in [0.1, 0.15) is 53.3 Å². The fraction of sp³-hybridized carbons (Fsp3) is 0.152. The van der Waals surface area contributed by atoms with E-state index in [4.69, 9.17) is 4.98 Å². The van der Waals surface area contributed by atoms with Gasteiger partial charge in [-0.05, 0) is 82.6 Å². The van der Waals surface area contributed by atoms with Gasteiger partial charge >= 0.3 is 0 Å². The molecule has 0 N–H and O–H groups in total. The van der Waals surface area contributed by atoms with Crippen molar-refractivity contribution in [2.24, 2.45) is 0 Å². The third kappa shape index (κ3) is 5.74. The molecule has 5 aromatic rings. The topological polar surface area (TPSA) is 59.9 Å². The van der Waals surface area contributed by atoms with Crippen molar-refractivity contribution in [3.63, 3.8) is 0 Å². The van der Waals surface area contributed by atoms with Crippen molar-refractivity contribution in [3.05, 3.63) is 131 Å². The van der Waals surface area contributed by atoms with E-state index in [9.17, 15) is 8.42 Å². The minimum atomic E-state index is -2.46. The normalized spacial score (nSPS) is 12.0. The van der Waals surface area contributed by atoms with Crippen molar-refractivity contribution in [1.29, 1.82) is 0 Å². The molecule has 0 radical (unpaired) electrons. The predicted octanol–water partition coefficient (Wildman–Crippen LogP) is 7.43. The Morgan fingerprint density at radius 3 is 2.37 bits per heavy atom. The fourth-order valence-electron chi connectivity index (χ4n) is 4.63. The highest BCUT2D eigenvalue weighted by Crippen LogP contribution is 2.33. The van der Waals surface area contributed by atoms with Crippen LogP contribution < -0.4 is 0 Å². The van der Waals surface area contributed by atoms with Crippen LogP contribution in [0.2, 0.25) is 0 Å². The minimum absolute atomic E-state index is 0.0419. The maximum Gasteiger partial charge on any atom is 0.144 e. The maximum atomic E-state index is 11.2. The largest absolute Gasteiger partial charge is 0.261 e. The molecule has 0 aliphatic rings. The van der Waals surface area contributed by atoms with Crippen LogP contribution in [0.25, 0.3) is 33.7 Å². The molecule has 2 aromatic heterocycles. The van der Waals surface area contributed by atoms with E-state index < -0.39 is 10.7 Å². The van der Waals surface area contributed by atoms with Crippen molar-refractivity contribution in [2.45, 2.75) is 32.4 Å². The van der Waals surface area contributed by atoms with Crippen molar-refractivity contribution in [1.82, 2.24) is 9.97 Å². The average molecular weight is 519 g/mol. The van der Waals surface area contributed by atoms with Crippen molar-refractivity contribution in [2.75, 3.05) is 0 Å². The van der Waals surface area contributed by atoms with Crippen LogP contribution in [-0.4, -0.2) is 18.4 Å². The zero-order chi connectivity index (χ0) is 26.6. The summed E-state index contributed by atoms with van der Waals surface area (Å²) >= 11 is 0. The lowest BCUT2D eigenvalue weighted by Gasteiger charge is -2.13. The maximum absolute atomic E-state index is 11.2. The van der Waals surface area contributed by atoms with Gasteiger partial charge in [-0.25, -0.2) is 8.42 Å². The first-order valence-electron chi connectivity index (χ1n) is 12.7. The van der Waals surface area contributed by atoms with Crippen molar-refractivity contribution < 1.29 is 8.42 Å². The summed E-state index contributed by atoms with van der Waals surface area (Å²) in [4.78, 5) is 9.23. The van der Waals surface area contributed by atoms with E-state index in [-0.39, 0.29) is 5.75 Å². The Bertz CT molecular complexity index is 1690. The molecule has 2 heterocycles. The second-order valence-electron chi connectivity index (χ2n) is 9.86. The predicted molar refractivity (Wildman–Crippen MR) is 158 cm³/mol. The second-order valence-corrected chi connectivity index (χ2v) is 10.8. The molecule has 0 amide bonds. The molecule has 5 heteroatoms.